The quantitative estimate of drug-likeness (QED) is 0.256. The van der Waals surface area contributed by atoms with E-state index in [0.29, 0.717) is 0 Å². The van der Waals surface area contributed by atoms with Gasteiger partial charge < -0.3 is 5.11 Å². The van der Waals surface area contributed by atoms with Gasteiger partial charge in [-0.2, -0.15) is 4.67 Å². The van der Waals surface area contributed by atoms with E-state index in [9.17, 15) is 4.57 Å². The molecule has 8 heavy (non-hydrogen) atoms. The van der Waals surface area contributed by atoms with Gasteiger partial charge in [0.25, 0.3) is 0 Å². The summed E-state index contributed by atoms with van der Waals surface area (Å²) in [4.78, 5) is 0. The SMILES string of the molecule is CP(=O)(OO)OCO. The van der Waals surface area contributed by atoms with E-state index < -0.39 is 14.4 Å². The maximum Gasteiger partial charge on any atom is 0.356 e. The smallest absolute Gasteiger partial charge is 0.356 e. The van der Waals surface area contributed by atoms with Crippen molar-refractivity contribution in [2.75, 3.05) is 13.5 Å². The van der Waals surface area contributed by atoms with Gasteiger partial charge >= 0.3 is 7.60 Å². The van der Waals surface area contributed by atoms with Crippen LogP contribution in [0.5, 0.6) is 0 Å². The fourth-order valence-electron chi connectivity index (χ4n) is 0.128. The Morgan fingerprint density at radius 3 is 2.38 bits per heavy atom. The molecular formula is C2H7O5P. The van der Waals surface area contributed by atoms with Crippen molar-refractivity contribution >= 4 is 7.60 Å². The summed E-state index contributed by atoms with van der Waals surface area (Å²) in [6.45, 7) is 0.303. The van der Waals surface area contributed by atoms with Crippen molar-refractivity contribution < 1.29 is 24.1 Å². The molecule has 0 amide bonds. The summed E-state index contributed by atoms with van der Waals surface area (Å²) in [5.41, 5.74) is 0. The lowest BCUT2D eigenvalue weighted by Crippen LogP contribution is -1.91. The first-order chi connectivity index (χ1) is 3.62. The van der Waals surface area contributed by atoms with Crippen LogP contribution in [0.3, 0.4) is 0 Å². The average molecular weight is 142 g/mol. The van der Waals surface area contributed by atoms with Gasteiger partial charge in [0.05, 0.1) is 0 Å². The zero-order valence-electron chi connectivity index (χ0n) is 4.27. The Kier molecular flexibility index (Phi) is 3.19. The largest absolute Gasteiger partial charge is 0.370 e. The van der Waals surface area contributed by atoms with E-state index in [1.165, 1.54) is 0 Å². The van der Waals surface area contributed by atoms with Crippen LogP contribution in [0.4, 0.5) is 0 Å². The third kappa shape index (κ3) is 3.12. The summed E-state index contributed by atoms with van der Waals surface area (Å²) in [5.74, 6) is 0. The van der Waals surface area contributed by atoms with Gasteiger partial charge in [-0.1, -0.05) is 0 Å². The highest BCUT2D eigenvalue weighted by molar-refractivity contribution is 7.52. The molecule has 0 bridgehead atoms. The molecule has 5 nitrogen and oxygen atoms in total. The highest BCUT2D eigenvalue weighted by Gasteiger charge is 2.14. The maximum atomic E-state index is 10.3. The minimum Gasteiger partial charge on any atom is -0.370 e. The molecule has 0 aliphatic heterocycles. The lowest BCUT2D eigenvalue weighted by Gasteiger charge is -2.04. The lowest BCUT2D eigenvalue weighted by atomic mass is 11.6. The zero-order valence-corrected chi connectivity index (χ0v) is 5.17. The molecule has 0 heterocycles. The van der Waals surface area contributed by atoms with Crippen LogP contribution < -0.4 is 0 Å². The first-order valence-electron chi connectivity index (χ1n) is 1.78. The summed E-state index contributed by atoms with van der Waals surface area (Å²) in [7, 11) is -3.37. The van der Waals surface area contributed by atoms with E-state index in [-0.39, 0.29) is 0 Å². The van der Waals surface area contributed by atoms with Crippen molar-refractivity contribution in [2.24, 2.45) is 0 Å². The van der Waals surface area contributed by atoms with Crippen LogP contribution in [0.25, 0.3) is 0 Å². The van der Waals surface area contributed by atoms with Crippen LogP contribution in [-0.4, -0.2) is 23.8 Å². The van der Waals surface area contributed by atoms with Crippen molar-refractivity contribution in [3.05, 3.63) is 0 Å². The fourth-order valence-corrected chi connectivity index (χ4v) is 0.385. The molecule has 0 aromatic heterocycles. The molecule has 0 saturated heterocycles. The van der Waals surface area contributed by atoms with E-state index >= 15 is 0 Å². The van der Waals surface area contributed by atoms with E-state index in [1.54, 1.807) is 0 Å². The van der Waals surface area contributed by atoms with Gasteiger partial charge in [-0.05, 0) is 0 Å². The van der Waals surface area contributed by atoms with Gasteiger partial charge in [-0.25, -0.2) is 5.26 Å². The van der Waals surface area contributed by atoms with Gasteiger partial charge in [0.15, 0.2) is 6.79 Å². The first-order valence-corrected chi connectivity index (χ1v) is 3.77. The van der Waals surface area contributed by atoms with Crippen LogP contribution in [0.2, 0.25) is 0 Å². The molecule has 0 saturated carbocycles. The summed E-state index contributed by atoms with van der Waals surface area (Å²) in [6.07, 6.45) is 0. The molecule has 50 valence electrons. The van der Waals surface area contributed by atoms with Crippen molar-refractivity contribution in [1.82, 2.24) is 0 Å². The highest BCUT2D eigenvalue weighted by atomic mass is 31.2. The topological polar surface area (TPSA) is 76.0 Å². The Morgan fingerprint density at radius 1 is 1.75 bits per heavy atom. The number of hydrogen-bond donors (Lipinski definition) is 2. The van der Waals surface area contributed by atoms with Gasteiger partial charge in [0.2, 0.25) is 0 Å². The van der Waals surface area contributed by atoms with Crippen molar-refractivity contribution in [3.8, 4) is 0 Å². The van der Waals surface area contributed by atoms with Gasteiger partial charge in [-0.15, -0.1) is 0 Å². The van der Waals surface area contributed by atoms with Gasteiger partial charge in [0.1, 0.15) is 0 Å². The molecular weight excluding hydrogens is 135 g/mol. The van der Waals surface area contributed by atoms with Crippen LogP contribution in [0.1, 0.15) is 0 Å². The Morgan fingerprint density at radius 2 is 2.25 bits per heavy atom. The summed E-state index contributed by atoms with van der Waals surface area (Å²) in [6, 6.07) is 0. The molecule has 0 aromatic carbocycles. The van der Waals surface area contributed by atoms with Crippen LogP contribution in [0.15, 0.2) is 0 Å². The Hall–Kier alpha value is 0.0700. The van der Waals surface area contributed by atoms with Crippen LogP contribution in [-0.2, 0) is 13.8 Å². The van der Waals surface area contributed by atoms with Gasteiger partial charge in [-0.3, -0.25) is 9.09 Å². The number of rotatable bonds is 3. The third-order valence-electron chi connectivity index (χ3n) is 0.441. The van der Waals surface area contributed by atoms with Crippen molar-refractivity contribution in [1.29, 1.82) is 0 Å². The minimum absolute atomic E-state index is 0.728. The molecule has 0 aliphatic rings. The number of aliphatic hydroxyl groups excluding tert-OH is 1. The number of aliphatic hydroxyl groups is 1. The second-order valence-corrected chi connectivity index (χ2v) is 3.08. The summed E-state index contributed by atoms with van der Waals surface area (Å²) in [5, 5.41) is 15.7. The Labute approximate surface area is 46.3 Å². The monoisotopic (exact) mass is 142 g/mol. The molecule has 0 rings (SSSR count). The molecule has 1 unspecified atom stereocenters. The molecule has 0 radical (unpaired) electrons. The molecule has 0 spiro atoms. The molecule has 0 aliphatic carbocycles. The lowest BCUT2D eigenvalue weighted by molar-refractivity contribution is -0.152. The molecule has 0 fully saturated rings. The van der Waals surface area contributed by atoms with E-state index in [4.69, 9.17) is 10.4 Å². The van der Waals surface area contributed by atoms with Crippen LogP contribution >= 0.6 is 7.60 Å². The fraction of sp³-hybridized carbons (Fsp3) is 1.00. The van der Waals surface area contributed by atoms with Crippen molar-refractivity contribution in [3.63, 3.8) is 0 Å². The van der Waals surface area contributed by atoms with E-state index in [1.807, 2.05) is 0 Å². The Bertz CT molecular complexity index is 101. The summed E-state index contributed by atoms with van der Waals surface area (Å²) < 4.78 is 17.7. The molecule has 2 N–H and O–H groups in total. The molecule has 1 atom stereocenters. The molecule has 6 heteroatoms. The second kappa shape index (κ2) is 3.17. The minimum atomic E-state index is -3.37. The van der Waals surface area contributed by atoms with E-state index in [0.717, 1.165) is 6.66 Å². The summed E-state index contributed by atoms with van der Waals surface area (Å²) >= 11 is 0. The van der Waals surface area contributed by atoms with Crippen LogP contribution in [0, 0.1) is 0 Å². The zero-order chi connectivity index (χ0) is 6.62. The van der Waals surface area contributed by atoms with E-state index in [2.05, 4.69) is 9.20 Å². The first kappa shape index (κ1) is 8.07. The molecule has 0 aromatic rings. The Balaban J connectivity index is 3.55. The van der Waals surface area contributed by atoms with Crippen molar-refractivity contribution in [2.45, 2.75) is 0 Å². The predicted octanol–water partition coefficient (Wildman–Crippen LogP) is 0.265. The van der Waals surface area contributed by atoms with Gasteiger partial charge in [0, 0.05) is 6.66 Å². The maximum absolute atomic E-state index is 10.3. The number of hydrogen-bond acceptors (Lipinski definition) is 5. The average Bonchev–Trinajstić information content (AvgIpc) is 1.67. The second-order valence-electron chi connectivity index (χ2n) is 1.11. The standard InChI is InChI=1S/C2H7O5P/c1-8(5,7-4)6-2-3/h3-4H,2H2,1H3. The predicted molar refractivity (Wildman–Crippen MR) is 25.4 cm³/mol. The highest BCUT2D eigenvalue weighted by Crippen LogP contribution is 2.41. The third-order valence-corrected chi connectivity index (χ3v) is 1.32. The normalized spacial score (nSPS) is 17.9.